The molecule has 0 saturated carbocycles. The molecule has 0 aliphatic heterocycles. The van der Waals surface area contributed by atoms with E-state index in [1.807, 2.05) is 6.33 Å². The van der Waals surface area contributed by atoms with Crippen molar-refractivity contribution in [1.82, 2.24) is 9.55 Å². The van der Waals surface area contributed by atoms with Crippen molar-refractivity contribution >= 4 is 11.0 Å². The van der Waals surface area contributed by atoms with Gasteiger partial charge in [0.2, 0.25) is 0 Å². The number of nitrogens with zero attached hydrogens (tertiary/aromatic N) is 2. The first-order valence-electron chi connectivity index (χ1n) is 4.72. The second kappa shape index (κ2) is 3.21. The van der Waals surface area contributed by atoms with Crippen molar-refractivity contribution in [2.45, 2.75) is 26.8 Å². The molecule has 1 aromatic heterocycles. The van der Waals surface area contributed by atoms with Crippen LogP contribution in [0.25, 0.3) is 11.0 Å². The molecule has 0 fully saturated rings. The molecule has 2 rings (SSSR count). The van der Waals surface area contributed by atoms with Crippen molar-refractivity contribution in [2.75, 3.05) is 0 Å². The number of fused-ring (bicyclic) bond motifs is 1. The van der Waals surface area contributed by atoms with Gasteiger partial charge in [-0.3, -0.25) is 0 Å². The van der Waals surface area contributed by atoms with Gasteiger partial charge in [-0.2, -0.15) is 0 Å². The Balaban J connectivity index is 2.58. The molecule has 2 nitrogen and oxygen atoms in total. The van der Waals surface area contributed by atoms with Crippen LogP contribution in [0.15, 0.2) is 24.5 Å². The topological polar surface area (TPSA) is 17.8 Å². The van der Waals surface area contributed by atoms with Crippen molar-refractivity contribution in [3.63, 3.8) is 0 Å². The fourth-order valence-electron chi connectivity index (χ4n) is 1.59. The lowest BCUT2D eigenvalue weighted by atomic mass is 10.2. The summed E-state index contributed by atoms with van der Waals surface area (Å²) < 4.78 is 2.21. The van der Waals surface area contributed by atoms with E-state index in [2.05, 4.69) is 41.6 Å². The van der Waals surface area contributed by atoms with Crippen LogP contribution in [0, 0.1) is 6.92 Å². The maximum Gasteiger partial charge on any atom is 0.0958 e. The van der Waals surface area contributed by atoms with E-state index in [-0.39, 0.29) is 0 Å². The van der Waals surface area contributed by atoms with Crippen LogP contribution < -0.4 is 0 Å². The lowest BCUT2D eigenvalue weighted by Gasteiger charge is -2.01. The van der Waals surface area contributed by atoms with Gasteiger partial charge in [0, 0.05) is 6.54 Å². The molecule has 2 aromatic rings. The highest BCUT2D eigenvalue weighted by Gasteiger charge is 2.00. The standard InChI is InChI=1S/C11H14N2/c1-3-6-13-8-12-10-5-4-9(2)7-11(10)13/h4-5,7-8H,3,6H2,1-2H3. The minimum atomic E-state index is 1.06. The third-order valence-corrected chi connectivity index (χ3v) is 2.24. The van der Waals surface area contributed by atoms with Gasteiger partial charge in [-0.25, -0.2) is 4.98 Å². The van der Waals surface area contributed by atoms with Crippen LogP contribution in [-0.2, 0) is 6.54 Å². The number of benzene rings is 1. The Morgan fingerprint density at radius 2 is 2.23 bits per heavy atom. The first-order chi connectivity index (χ1) is 6.31. The lowest BCUT2D eigenvalue weighted by Crippen LogP contribution is -1.93. The number of hydrogen-bond acceptors (Lipinski definition) is 1. The molecule has 0 saturated heterocycles. The van der Waals surface area contributed by atoms with Gasteiger partial charge in [-0.05, 0) is 31.0 Å². The van der Waals surface area contributed by atoms with Crippen molar-refractivity contribution in [2.24, 2.45) is 0 Å². The van der Waals surface area contributed by atoms with Crippen molar-refractivity contribution in [3.8, 4) is 0 Å². The molecular weight excluding hydrogens is 160 g/mol. The number of rotatable bonds is 2. The second-order valence-electron chi connectivity index (χ2n) is 3.43. The summed E-state index contributed by atoms with van der Waals surface area (Å²) in [5, 5.41) is 0. The Labute approximate surface area is 78.2 Å². The molecule has 1 heterocycles. The van der Waals surface area contributed by atoms with E-state index in [9.17, 15) is 0 Å². The first kappa shape index (κ1) is 8.30. The third-order valence-electron chi connectivity index (χ3n) is 2.24. The zero-order chi connectivity index (χ0) is 9.26. The van der Waals surface area contributed by atoms with Gasteiger partial charge in [0.15, 0.2) is 0 Å². The van der Waals surface area contributed by atoms with Gasteiger partial charge in [0.25, 0.3) is 0 Å². The largest absolute Gasteiger partial charge is 0.331 e. The fourth-order valence-corrected chi connectivity index (χ4v) is 1.59. The zero-order valence-electron chi connectivity index (χ0n) is 8.12. The van der Waals surface area contributed by atoms with E-state index in [1.54, 1.807) is 0 Å². The van der Waals surface area contributed by atoms with Crippen LogP contribution in [0.3, 0.4) is 0 Å². The fraction of sp³-hybridized carbons (Fsp3) is 0.364. The summed E-state index contributed by atoms with van der Waals surface area (Å²) in [6.45, 7) is 5.35. The van der Waals surface area contributed by atoms with Crippen LogP contribution in [0.1, 0.15) is 18.9 Å². The summed E-state index contributed by atoms with van der Waals surface area (Å²) in [5.41, 5.74) is 3.64. The summed E-state index contributed by atoms with van der Waals surface area (Å²) in [6, 6.07) is 6.38. The summed E-state index contributed by atoms with van der Waals surface area (Å²) >= 11 is 0. The second-order valence-corrected chi connectivity index (χ2v) is 3.43. The Bertz CT molecular complexity index is 415. The minimum absolute atomic E-state index is 1.06. The van der Waals surface area contributed by atoms with Crippen molar-refractivity contribution in [1.29, 1.82) is 0 Å². The molecule has 2 heteroatoms. The number of hydrogen-bond donors (Lipinski definition) is 0. The van der Waals surface area contributed by atoms with E-state index in [0.717, 1.165) is 18.5 Å². The maximum absolute atomic E-state index is 4.34. The monoisotopic (exact) mass is 174 g/mol. The molecule has 0 N–H and O–H groups in total. The summed E-state index contributed by atoms with van der Waals surface area (Å²) in [4.78, 5) is 4.34. The molecule has 0 spiro atoms. The van der Waals surface area contributed by atoms with Crippen molar-refractivity contribution < 1.29 is 0 Å². The number of aromatic nitrogens is 2. The predicted molar refractivity (Wildman–Crippen MR) is 54.8 cm³/mol. The highest BCUT2D eigenvalue weighted by atomic mass is 15.0. The maximum atomic E-state index is 4.34. The minimum Gasteiger partial charge on any atom is -0.331 e. The normalized spacial score (nSPS) is 10.9. The van der Waals surface area contributed by atoms with Crippen LogP contribution in [-0.4, -0.2) is 9.55 Å². The highest BCUT2D eigenvalue weighted by molar-refractivity contribution is 5.75. The van der Waals surface area contributed by atoms with Gasteiger partial charge >= 0.3 is 0 Å². The van der Waals surface area contributed by atoms with E-state index < -0.39 is 0 Å². The summed E-state index contributed by atoms with van der Waals surface area (Å²) in [5.74, 6) is 0. The lowest BCUT2D eigenvalue weighted by molar-refractivity contribution is 0.697. The van der Waals surface area contributed by atoms with Gasteiger partial charge in [0.1, 0.15) is 0 Å². The molecule has 0 aliphatic rings. The van der Waals surface area contributed by atoms with E-state index in [1.165, 1.54) is 11.1 Å². The van der Waals surface area contributed by atoms with Gasteiger partial charge in [0.05, 0.1) is 17.4 Å². The third kappa shape index (κ3) is 1.44. The Hall–Kier alpha value is -1.31. The quantitative estimate of drug-likeness (QED) is 0.684. The van der Waals surface area contributed by atoms with E-state index in [4.69, 9.17) is 0 Å². The molecular formula is C11H14N2. The van der Waals surface area contributed by atoms with E-state index >= 15 is 0 Å². The average molecular weight is 174 g/mol. The molecule has 68 valence electrons. The summed E-state index contributed by atoms with van der Waals surface area (Å²) in [7, 11) is 0. The Morgan fingerprint density at radius 1 is 1.38 bits per heavy atom. The number of imidazole rings is 1. The molecule has 0 radical (unpaired) electrons. The molecule has 0 unspecified atom stereocenters. The molecule has 13 heavy (non-hydrogen) atoms. The molecule has 0 bridgehead atoms. The SMILES string of the molecule is CCCn1cnc2ccc(C)cc21. The molecule has 0 amide bonds. The van der Waals surface area contributed by atoms with Gasteiger partial charge < -0.3 is 4.57 Å². The summed E-state index contributed by atoms with van der Waals surface area (Å²) in [6.07, 6.45) is 3.08. The molecule has 1 aromatic carbocycles. The Morgan fingerprint density at radius 3 is 3.00 bits per heavy atom. The highest BCUT2D eigenvalue weighted by Crippen LogP contribution is 2.14. The van der Waals surface area contributed by atoms with Crippen LogP contribution >= 0.6 is 0 Å². The number of aryl methyl sites for hydroxylation is 2. The molecule has 0 atom stereocenters. The first-order valence-corrected chi connectivity index (χ1v) is 4.72. The molecule has 0 aliphatic carbocycles. The van der Waals surface area contributed by atoms with Gasteiger partial charge in [-0.15, -0.1) is 0 Å². The van der Waals surface area contributed by atoms with Crippen molar-refractivity contribution in [3.05, 3.63) is 30.1 Å². The predicted octanol–water partition coefficient (Wildman–Crippen LogP) is 2.75. The van der Waals surface area contributed by atoms with Gasteiger partial charge in [-0.1, -0.05) is 13.0 Å². The van der Waals surface area contributed by atoms with Crippen LogP contribution in [0.2, 0.25) is 0 Å². The average Bonchev–Trinajstić information content (AvgIpc) is 2.49. The Kier molecular flexibility index (Phi) is 2.05. The zero-order valence-corrected chi connectivity index (χ0v) is 8.12. The smallest absolute Gasteiger partial charge is 0.0958 e. The van der Waals surface area contributed by atoms with Crippen LogP contribution in [0.4, 0.5) is 0 Å². The van der Waals surface area contributed by atoms with E-state index in [0.29, 0.717) is 0 Å². The van der Waals surface area contributed by atoms with Crippen LogP contribution in [0.5, 0.6) is 0 Å².